The van der Waals surface area contributed by atoms with Crippen LogP contribution in [0.1, 0.15) is 33.1 Å². The highest BCUT2D eigenvalue weighted by molar-refractivity contribution is 7.99. The smallest absolute Gasteiger partial charge is 0.329 e. The first kappa shape index (κ1) is 16.6. The molecule has 0 saturated carbocycles. The molecular weight excluding hydrogens is 274 g/mol. The standard InChI is InChI=1S/C15H21NO3S/c1-3-10-15(2,14(18)19)16-13(17)9-11-20-12-7-5-4-6-8-12/h4-8H,3,9-11H2,1-2H3,(H,16,17)(H,18,19). The molecular formula is C15H21NO3S. The molecule has 0 fully saturated rings. The predicted octanol–water partition coefficient (Wildman–Crippen LogP) is 2.93. The average molecular weight is 295 g/mol. The van der Waals surface area contributed by atoms with Crippen molar-refractivity contribution < 1.29 is 14.7 Å². The molecule has 4 nitrogen and oxygen atoms in total. The van der Waals surface area contributed by atoms with Gasteiger partial charge in [-0.1, -0.05) is 31.5 Å². The summed E-state index contributed by atoms with van der Waals surface area (Å²) in [5.74, 6) is -0.562. The first-order chi connectivity index (χ1) is 9.48. The van der Waals surface area contributed by atoms with Crippen LogP contribution in [0.15, 0.2) is 35.2 Å². The maximum absolute atomic E-state index is 11.8. The van der Waals surface area contributed by atoms with Gasteiger partial charge >= 0.3 is 5.97 Å². The van der Waals surface area contributed by atoms with Crippen molar-refractivity contribution in [3.63, 3.8) is 0 Å². The molecule has 0 aromatic heterocycles. The van der Waals surface area contributed by atoms with Gasteiger partial charge in [-0.05, 0) is 25.5 Å². The number of hydrogen-bond acceptors (Lipinski definition) is 3. The molecule has 0 heterocycles. The maximum Gasteiger partial charge on any atom is 0.329 e. The number of thioether (sulfide) groups is 1. The van der Waals surface area contributed by atoms with E-state index in [-0.39, 0.29) is 5.91 Å². The third kappa shape index (κ3) is 5.25. The van der Waals surface area contributed by atoms with Crippen molar-refractivity contribution in [2.24, 2.45) is 0 Å². The Morgan fingerprint density at radius 1 is 1.30 bits per heavy atom. The summed E-state index contributed by atoms with van der Waals surface area (Å²) in [6.07, 6.45) is 1.45. The highest BCUT2D eigenvalue weighted by Gasteiger charge is 2.33. The van der Waals surface area contributed by atoms with Crippen LogP contribution in [0.5, 0.6) is 0 Å². The van der Waals surface area contributed by atoms with E-state index >= 15 is 0 Å². The number of carbonyl (C=O) groups excluding carboxylic acids is 1. The Kier molecular flexibility index (Phi) is 6.58. The third-order valence-electron chi connectivity index (χ3n) is 2.98. The summed E-state index contributed by atoms with van der Waals surface area (Å²) in [5.41, 5.74) is -1.16. The van der Waals surface area contributed by atoms with Gasteiger partial charge in [0.05, 0.1) is 0 Å². The Morgan fingerprint density at radius 2 is 1.95 bits per heavy atom. The van der Waals surface area contributed by atoms with Crippen LogP contribution in [0.4, 0.5) is 0 Å². The van der Waals surface area contributed by atoms with Gasteiger partial charge in [-0.15, -0.1) is 11.8 Å². The first-order valence-corrected chi connectivity index (χ1v) is 7.69. The second-order valence-corrected chi connectivity index (χ2v) is 6.02. The van der Waals surface area contributed by atoms with E-state index in [4.69, 9.17) is 0 Å². The molecule has 0 bridgehead atoms. The lowest BCUT2D eigenvalue weighted by Gasteiger charge is -2.25. The zero-order valence-corrected chi connectivity index (χ0v) is 12.7. The van der Waals surface area contributed by atoms with E-state index in [1.54, 1.807) is 18.7 Å². The Bertz CT molecular complexity index is 450. The zero-order valence-electron chi connectivity index (χ0n) is 11.9. The number of carboxylic acids is 1. The molecule has 1 amide bonds. The van der Waals surface area contributed by atoms with E-state index in [0.29, 0.717) is 25.0 Å². The summed E-state index contributed by atoms with van der Waals surface area (Å²) in [6.45, 7) is 3.46. The van der Waals surface area contributed by atoms with Crippen molar-refractivity contribution in [1.29, 1.82) is 0 Å². The summed E-state index contributed by atoms with van der Waals surface area (Å²) in [5, 5.41) is 11.8. The van der Waals surface area contributed by atoms with Gasteiger partial charge in [0.1, 0.15) is 5.54 Å². The number of hydrogen-bond donors (Lipinski definition) is 2. The Labute approximate surface area is 124 Å². The van der Waals surface area contributed by atoms with Crippen LogP contribution in [-0.2, 0) is 9.59 Å². The normalized spacial score (nSPS) is 13.5. The predicted molar refractivity (Wildman–Crippen MR) is 80.9 cm³/mol. The van der Waals surface area contributed by atoms with Gasteiger partial charge in [-0.2, -0.15) is 0 Å². The SMILES string of the molecule is CCCC(C)(NC(=O)CCSc1ccccc1)C(=O)O. The number of rotatable bonds is 8. The molecule has 1 aromatic carbocycles. The lowest BCUT2D eigenvalue weighted by Crippen LogP contribution is -2.52. The van der Waals surface area contributed by atoms with E-state index in [0.717, 1.165) is 4.90 Å². The molecule has 0 aliphatic rings. The number of benzene rings is 1. The van der Waals surface area contributed by atoms with E-state index < -0.39 is 11.5 Å². The molecule has 0 aliphatic heterocycles. The van der Waals surface area contributed by atoms with Crippen molar-refractivity contribution in [3.05, 3.63) is 30.3 Å². The molecule has 5 heteroatoms. The van der Waals surface area contributed by atoms with Gasteiger partial charge in [0.2, 0.25) is 5.91 Å². The van der Waals surface area contributed by atoms with Crippen LogP contribution in [0, 0.1) is 0 Å². The molecule has 1 unspecified atom stereocenters. The summed E-state index contributed by atoms with van der Waals surface area (Å²) < 4.78 is 0. The summed E-state index contributed by atoms with van der Waals surface area (Å²) in [7, 11) is 0. The van der Waals surface area contributed by atoms with Crippen molar-refractivity contribution in [2.75, 3.05) is 5.75 Å². The summed E-state index contributed by atoms with van der Waals surface area (Å²) in [6, 6.07) is 9.82. The second kappa shape index (κ2) is 7.94. The van der Waals surface area contributed by atoms with Gasteiger partial charge < -0.3 is 10.4 Å². The largest absolute Gasteiger partial charge is 0.480 e. The minimum absolute atomic E-state index is 0.216. The summed E-state index contributed by atoms with van der Waals surface area (Å²) >= 11 is 1.59. The van der Waals surface area contributed by atoms with Crippen molar-refractivity contribution in [3.8, 4) is 0 Å². The van der Waals surface area contributed by atoms with Gasteiger partial charge in [-0.25, -0.2) is 4.79 Å². The first-order valence-electron chi connectivity index (χ1n) is 6.70. The highest BCUT2D eigenvalue weighted by Crippen LogP contribution is 2.18. The molecule has 110 valence electrons. The number of carbonyl (C=O) groups is 2. The molecule has 2 N–H and O–H groups in total. The molecule has 0 aliphatic carbocycles. The van der Waals surface area contributed by atoms with Crippen LogP contribution < -0.4 is 5.32 Å². The summed E-state index contributed by atoms with van der Waals surface area (Å²) in [4.78, 5) is 24.2. The van der Waals surface area contributed by atoms with Crippen molar-refractivity contribution in [2.45, 2.75) is 43.5 Å². The lowest BCUT2D eigenvalue weighted by atomic mass is 9.96. The molecule has 0 saturated heterocycles. The van der Waals surface area contributed by atoms with Crippen LogP contribution >= 0.6 is 11.8 Å². The fourth-order valence-corrected chi connectivity index (χ4v) is 2.74. The number of aliphatic carboxylic acids is 1. The molecule has 1 aromatic rings. The Hall–Kier alpha value is -1.49. The molecule has 0 radical (unpaired) electrons. The second-order valence-electron chi connectivity index (χ2n) is 4.85. The fourth-order valence-electron chi connectivity index (χ4n) is 1.87. The van der Waals surface area contributed by atoms with Crippen LogP contribution in [0.3, 0.4) is 0 Å². The number of carboxylic acid groups (broad SMARTS) is 1. The Balaban J connectivity index is 2.41. The molecule has 1 atom stereocenters. The average Bonchev–Trinajstić information content (AvgIpc) is 2.40. The van der Waals surface area contributed by atoms with Crippen molar-refractivity contribution in [1.82, 2.24) is 5.32 Å². The molecule has 20 heavy (non-hydrogen) atoms. The molecule has 0 spiro atoms. The monoisotopic (exact) mass is 295 g/mol. The highest BCUT2D eigenvalue weighted by atomic mass is 32.2. The third-order valence-corrected chi connectivity index (χ3v) is 3.99. The Morgan fingerprint density at radius 3 is 2.50 bits per heavy atom. The maximum atomic E-state index is 11.8. The van der Waals surface area contributed by atoms with E-state index in [1.807, 2.05) is 37.3 Å². The van der Waals surface area contributed by atoms with Crippen LogP contribution in [0.25, 0.3) is 0 Å². The molecule has 1 rings (SSSR count). The topological polar surface area (TPSA) is 66.4 Å². The lowest BCUT2D eigenvalue weighted by molar-refractivity contribution is -0.147. The zero-order chi connectivity index (χ0) is 15.0. The van der Waals surface area contributed by atoms with Gasteiger partial charge in [0.15, 0.2) is 0 Å². The van der Waals surface area contributed by atoms with Crippen LogP contribution in [-0.4, -0.2) is 28.3 Å². The number of amides is 1. The van der Waals surface area contributed by atoms with Gasteiger partial charge in [0, 0.05) is 17.1 Å². The van der Waals surface area contributed by atoms with Crippen molar-refractivity contribution >= 4 is 23.6 Å². The minimum atomic E-state index is -1.16. The van der Waals surface area contributed by atoms with E-state index in [9.17, 15) is 14.7 Å². The van der Waals surface area contributed by atoms with Crippen LogP contribution in [0.2, 0.25) is 0 Å². The number of nitrogens with one attached hydrogen (secondary N) is 1. The quantitative estimate of drug-likeness (QED) is 0.724. The fraction of sp³-hybridized carbons (Fsp3) is 0.467. The minimum Gasteiger partial charge on any atom is -0.480 e. The van der Waals surface area contributed by atoms with Gasteiger partial charge in [0.25, 0.3) is 0 Å². The van der Waals surface area contributed by atoms with Gasteiger partial charge in [-0.3, -0.25) is 4.79 Å². The van der Waals surface area contributed by atoms with E-state index in [1.165, 1.54) is 0 Å². The van der Waals surface area contributed by atoms with E-state index in [2.05, 4.69) is 5.32 Å².